The van der Waals surface area contributed by atoms with Gasteiger partial charge in [0.25, 0.3) is 0 Å². The van der Waals surface area contributed by atoms with Gasteiger partial charge in [0.2, 0.25) is 5.91 Å². The Labute approximate surface area is 111 Å². The number of nitrogens with one attached hydrogen (secondary N) is 1. The van der Waals surface area contributed by atoms with Gasteiger partial charge in [-0.25, -0.2) is 4.68 Å². The number of hydrogen-bond acceptors (Lipinski definition) is 4. The summed E-state index contributed by atoms with van der Waals surface area (Å²) in [6.07, 6.45) is 5.89. The van der Waals surface area contributed by atoms with Crippen LogP contribution in [0.5, 0.6) is 0 Å². The fourth-order valence-electron chi connectivity index (χ4n) is 4.41. The molecule has 1 aromatic heterocycles. The lowest BCUT2D eigenvalue weighted by atomic mass is 10.0. The molecule has 0 aliphatic heterocycles. The van der Waals surface area contributed by atoms with E-state index in [1.165, 1.54) is 19.3 Å². The highest BCUT2D eigenvalue weighted by atomic mass is 16.2. The molecule has 2 bridgehead atoms. The molecule has 1 heterocycles. The molecule has 3 N–H and O–H groups in total. The van der Waals surface area contributed by atoms with Crippen LogP contribution in [0.25, 0.3) is 0 Å². The molecule has 0 saturated heterocycles. The minimum Gasteiger partial charge on any atom is -0.351 e. The number of nitrogens with two attached hydrogens (primary N) is 1. The van der Waals surface area contributed by atoms with Gasteiger partial charge in [-0.05, 0) is 42.9 Å². The second kappa shape index (κ2) is 4.03. The zero-order valence-corrected chi connectivity index (χ0v) is 10.8. The molecule has 4 rings (SSSR count). The van der Waals surface area contributed by atoms with E-state index in [1.54, 1.807) is 10.9 Å². The molecule has 19 heavy (non-hydrogen) atoms. The maximum Gasteiger partial charge on any atom is 0.242 e. The number of carbonyl (C=O) groups excluding carboxylic acids is 1. The number of amides is 1. The highest BCUT2D eigenvalue weighted by molar-refractivity contribution is 5.76. The summed E-state index contributed by atoms with van der Waals surface area (Å²) >= 11 is 0. The quantitative estimate of drug-likeness (QED) is 0.792. The molecule has 6 nitrogen and oxygen atoms in total. The van der Waals surface area contributed by atoms with Crippen LogP contribution in [0.3, 0.4) is 0 Å². The highest BCUT2D eigenvalue weighted by Crippen LogP contribution is 2.65. The van der Waals surface area contributed by atoms with Gasteiger partial charge in [-0.2, -0.15) is 0 Å². The molecule has 1 aromatic rings. The molecule has 3 aliphatic carbocycles. The van der Waals surface area contributed by atoms with Gasteiger partial charge in [0, 0.05) is 12.6 Å². The zero-order valence-electron chi connectivity index (χ0n) is 10.8. The van der Waals surface area contributed by atoms with Crippen LogP contribution >= 0.6 is 0 Å². The maximum atomic E-state index is 12.0. The molecule has 102 valence electrons. The molecule has 3 saturated carbocycles. The van der Waals surface area contributed by atoms with E-state index < -0.39 is 0 Å². The highest BCUT2D eigenvalue weighted by Gasteiger charge is 2.65. The SMILES string of the molecule is NCc1cn(CC(=O)NC2C3C4CCC(C4)C23)nn1. The molecule has 6 heteroatoms. The van der Waals surface area contributed by atoms with Crippen molar-refractivity contribution in [2.45, 2.75) is 38.4 Å². The Morgan fingerprint density at radius 2 is 2.16 bits per heavy atom. The number of aromatic nitrogens is 3. The minimum absolute atomic E-state index is 0.0484. The Hall–Kier alpha value is -1.43. The monoisotopic (exact) mass is 261 g/mol. The van der Waals surface area contributed by atoms with Gasteiger partial charge in [0.15, 0.2) is 0 Å². The molecular weight excluding hydrogens is 242 g/mol. The summed E-state index contributed by atoms with van der Waals surface area (Å²) in [5.74, 6) is 3.37. The van der Waals surface area contributed by atoms with Crippen molar-refractivity contribution < 1.29 is 4.79 Å². The van der Waals surface area contributed by atoms with E-state index in [-0.39, 0.29) is 12.5 Å². The normalized spacial score (nSPS) is 38.3. The van der Waals surface area contributed by atoms with Crippen LogP contribution in [0.1, 0.15) is 25.0 Å². The third-order valence-corrected chi connectivity index (χ3v) is 5.16. The van der Waals surface area contributed by atoms with Gasteiger partial charge in [-0.3, -0.25) is 4.79 Å². The van der Waals surface area contributed by atoms with Crippen molar-refractivity contribution >= 4 is 5.91 Å². The number of carbonyl (C=O) groups is 1. The standard InChI is InChI=1S/C13H19N5O/c14-4-9-5-18(17-16-9)6-10(19)15-13-11-7-1-2-8(3-7)12(11)13/h5,7-8,11-13H,1-4,6,14H2,(H,15,19). The Morgan fingerprint density at radius 1 is 1.42 bits per heavy atom. The maximum absolute atomic E-state index is 12.0. The fraction of sp³-hybridized carbons (Fsp3) is 0.769. The van der Waals surface area contributed by atoms with Crippen LogP contribution in [-0.2, 0) is 17.9 Å². The number of fused-ring (bicyclic) bond motifs is 5. The molecule has 4 atom stereocenters. The topological polar surface area (TPSA) is 85.8 Å². The first-order chi connectivity index (χ1) is 9.26. The van der Waals surface area contributed by atoms with Crippen LogP contribution in [0.4, 0.5) is 0 Å². The van der Waals surface area contributed by atoms with Crippen molar-refractivity contribution in [3.8, 4) is 0 Å². The third-order valence-electron chi connectivity index (χ3n) is 5.16. The molecule has 4 unspecified atom stereocenters. The number of nitrogens with zero attached hydrogens (tertiary/aromatic N) is 3. The van der Waals surface area contributed by atoms with Gasteiger partial charge in [0.1, 0.15) is 6.54 Å². The van der Waals surface area contributed by atoms with Crippen molar-refractivity contribution in [1.29, 1.82) is 0 Å². The van der Waals surface area contributed by atoms with Crippen LogP contribution in [0.2, 0.25) is 0 Å². The van der Waals surface area contributed by atoms with Crippen LogP contribution < -0.4 is 11.1 Å². The zero-order chi connectivity index (χ0) is 13.0. The Bertz CT molecular complexity index is 497. The summed E-state index contributed by atoms with van der Waals surface area (Å²) in [4.78, 5) is 12.0. The summed E-state index contributed by atoms with van der Waals surface area (Å²) in [7, 11) is 0. The molecule has 3 aliphatic rings. The molecule has 0 aromatic carbocycles. The predicted octanol–water partition coefficient (Wildman–Crippen LogP) is -0.103. The first-order valence-corrected chi connectivity index (χ1v) is 7.14. The molecule has 0 radical (unpaired) electrons. The molecular formula is C13H19N5O. The lowest BCUT2D eigenvalue weighted by Gasteiger charge is -2.10. The average molecular weight is 261 g/mol. The molecule has 3 fully saturated rings. The van der Waals surface area contributed by atoms with E-state index in [2.05, 4.69) is 15.6 Å². The van der Waals surface area contributed by atoms with E-state index >= 15 is 0 Å². The summed E-state index contributed by atoms with van der Waals surface area (Å²) in [5.41, 5.74) is 6.18. The van der Waals surface area contributed by atoms with Crippen LogP contribution in [-0.4, -0.2) is 26.9 Å². The Morgan fingerprint density at radius 3 is 2.79 bits per heavy atom. The third kappa shape index (κ3) is 1.77. The minimum atomic E-state index is 0.0484. The van der Waals surface area contributed by atoms with E-state index in [0.717, 1.165) is 23.7 Å². The Balaban J connectivity index is 1.33. The van der Waals surface area contributed by atoms with Crippen molar-refractivity contribution in [2.75, 3.05) is 0 Å². The smallest absolute Gasteiger partial charge is 0.242 e. The first kappa shape index (κ1) is 11.4. The van der Waals surface area contributed by atoms with Crippen molar-refractivity contribution in [3.05, 3.63) is 11.9 Å². The number of rotatable bonds is 4. The van der Waals surface area contributed by atoms with Crippen LogP contribution in [0.15, 0.2) is 6.20 Å². The lowest BCUT2D eigenvalue weighted by molar-refractivity contribution is -0.122. The van der Waals surface area contributed by atoms with E-state index in [1.807, 2.05) is 0 Å². The van der Waals surface area contributed by atoms with Crippen molar-refractivity contribution in [2.24, 2.45) is 29.4 Å². The molecule has 1 amide bonds. The second-order valence-electron chi connectivity index (χ2n) is 6.19. The van der Waals surface area contributed by atoms with E-state index in [4.69, 9.17) is 5.73 Å². The Kier molecular flexibility index (Phi) is 2.42. The average Bonchev–Trinajstić information content (AvgIpc) is 2.82. The second-order valence-corrected chi connectivity index (χ2v) is 6.19. The largest absolute Gasteiger partial charge is 0.351 e. The number of hydrogen-bond donors (Lipinski definition) is 2. The summed E-state index contributed by atoms with van der Waals surface area (Å²) in [5, 5.41) is 11.0. The van der Waals surface area contributed by atoms with Gasteiger partial charge < -0.3 is 11.1 Å². The van der Waals surface area contributed by atoms with Crippen LogP contribution in [0, 0.1) is 23.7 Å². The first-order valence-electron chi connectivity index (χ1n) is 7.14. The van der Waals surface area contributed by atoms with E-state index in [9.17, 15) is 4.79 Å². The summed E-state index contributed by atoms with van der Waals surface area (Å²) in [6, 6.07) is 0.441. The van der Waals surface area contributed by atoms with Crippen molar-refractivity contribution in [3.63, 3.8) is 0 Å². The van der Waals surface area contributed by atoms with E-state index in [0.29, 0.717) is 18.3 Å². The summed E-state index contributed by atoms with van der Waals surface area (Å²) in [6.45, 7) is 0.607. The summed E-state index contributed by atoms with van der Waals surface area (Å²) < 4.78 is 1.56. The van der Waals surface area contributed by atoms with Crippen molar-refractivity contribution in [1.82, 2.24) is 20.3 Å². The van der Waals surface area contributed by atoms with Gasteiger partial charge >= 0.3 is 0 Å². The fourth-order valence-corrected chi connectivity index (χ4v) is 4.41. The predicted molar refractivity (Wildman–Crippen MR) is 67.7 cm³/mol. The lowest BCUT2D eigenvalue weighted by Crippen LogP contribution is -2.33. The molecule has 0 spiro atoms. The van der Waals surface area contributed by atoms with Gasteiger partial charge in [-0.15, -0.1) is 5.10 Å². The van der Waals surface area contributed by atoms with Gasteiger partial charge in [-0.1, -0.05) is 5.21 Å². The van der Waals surface area contributed by atoms with Gasteiger partial charge in [0.05, 0.1) is 11.9 Å².